The highest BCUT2D eigenvalue weighted by Gasteiger charge is 2.21. The van der Waals surface area contributed by atoms with Gasteiger partial charge in [0.05, 0.1) is 12.6 Å². The quantitative estimate of drug-likeness (QED) is 0.925. The van der Waals surface area contributed by atoms with Gasteiger partial charge in [-0.3, -0.25) is 4.98 Å². The molecule has 0 saturated carbocycles. The lowest BCUT2D eigenvalue weighted by Crippen LogP contribution is -2.24. The summed E-state index contributed by atoms with van der Waals surface area (Å²) in [6.07, 6.45) is 5.90. The van der Waals surface area contributed by atoms with E-state index in [1.807, 2.05) is 12.4 Å². The lowest BCUT2D eigenvalue weighted by atomic mass is 9.94. The smallest absolute Gasteiger partial charge is 0.127 e. The minimum Gasteiger partial charge on any atom is -0.493 e. The highest BCUT2D eigenvalue weighted by molar-refractivity contribution is 5.47. The number of aromatic nitrogens is 1. The van der Waals surface area contributed by atoms with Crippen LogP contribution in [0.2, 0.25) is 0 Å². The van der Waals surface area contributed by atoms with Crippen LogP contribution in [0.15, 0.2) is 42.7 Å². The summed E-state index contributed by atoms with van der Waals surface area (Å²) in [5.41, 5.74) is 3.78. The predicted molar refractivity (Wildman–Crippen MR) is 80.0 cm³/mol. The van der Waals surface area contributed by atoms with Gasteiger partial charge >= 0.3 is 0 Å². The van der Waals surface area contributed by atoms with Crippen LogP contribution in [0, 0.1) is 0 Å². The molecule has 0 bridgehead atoms. The van der Waals surface area contributed by atoms with Crippen molar-refractivity contribution in [1.29, 1.82) is 0 Å². The van der Waals surface area contributed by atoms with Crippen LogP contribution in [0.25, 0.3) is 0 Å². The topological polar surface area (TPSA) is 34.2 Å². The lowest BCUT2D eigenvalue weighted by Gasteiger charge is -2.26. The molecular weight excluding hydrogens is 248 g/mol. The van der Waals surface area contributed by atoms with E-state index in [-0.39, 0.29) is 6.04 Å². The predicted octanol–water partition coefficient (Wildman–Crippen LogP) is 3.11. The number of aryl methyl sites for hydroxylation is 1. The van der Waals surface area contributed by atoms with Crippen molar-refractivity contribution in [2.75, 3.05) is 13.2 Å². The summed E-state index contributed by atoms with van der Waals surface area (Å²) in [5, 5.41) is 3.56. The van der Waals surface area contributed by atoms with Crippen LogP contribution >= 0.6 is 0 Å². The Kier molecular flexibility index (Phi) is 3.97. The maximum absolute atomic E-state index is 5.95. The summed E-state index contributed by atoms with van der Waals surface area (Å²) in [7, 11) is 0. The molecule has 3 nitrogen and oxygen atoms in total. The van der Waals surface area contributed by atoms with Gasteiger partial charge in [0.1, 0.15) is 5.75 Å². The van der Waals surface area contributed by atoms with E-state index in [0.29, 0.717) is 0 Å². The van der Waals surface area contributed by atoms with Gasteiger partial charge in [-0.1, -0.05) is 25.1 Å². The Morgan fingerprint density at radius 2 is 2.10 bits per heavy atom. The minimum absolute atomic E-state index is 0.163. The fourth-order valence-corrected chi connectivity index (χ4v) is 2.81. The maximum Gasteiger partial charge on any atom is 0.127 e. The second-order valence-corrected chi connectivity index (χ2v) is 5.06. The summed E-state index contributed by atoms with van der Waals surface area (Å²) in [4.78, 5) is 4.11. The largest absolute Gasteiger partial charge is 0.493 e. The van der Waals surface area contributed by atoms with Crippen LogP contribution in [0.5, 0.6) is 5.75 Å². The van der Waals surface area contributed by atoms with Crippen molar-refractivity contribution in [3.63, 3.8) is 0 Å². The molecule has 3 rings (SSSR count). The van der Waals surface area contributed by atoms with Crippen molar-refractivity contribution < 1.29 is 4.74 Å². The van der Waals surface area contributed by atoms with Gasteiger partial charge in [-0.15, -0.1) is 0 Å². The first-order valence-electron chi connectivity index (χ1n) is 7.28. The molecule has 104 valence electrons. The van der Waals surface area contributed by atoms with Gasteiger partial charge in [0.2, 0.25) is 0 Å². The Morgan fingerprint density at radius 3 is 2.90 bits per heavy atom. The number of fused-ring (bicyclic) bond motifs is 1. The van der Waals surface area contributed by atoms with Crippen molar-refractivity contribution in [2.24, 2.45) is 0 Å². The molecule has 1 aromatic heterocycles. The summed E-state index contributed by atoms with van der Waals surface area (Å²) < 4.78 is 5.95. The Bertz CT molecular complexity index is 568. The third-order valence-corrected chi connectivity index (χ3v) is 3.72. The minimum atomic E-state index is 0.163. The molecule has 20 heavy (non-hydrogen) atoms. The fraction of sp³-hybridized carbons (Fsp3) is 0.353. The zero-order chi connectivity index (χ0) is 13.8. The second-order valence-electron chi connectivity index (χ2n) is 5.06. The van der Waals surface area contributed by atoms with Crippen molar-refractivity contribution in [1.82, 2.24) is 10.3 Å². The van der Waals surface area contributed by atoms with Gasteiger partial charge in [-0.25, -0.2) is 0 Å². The van der Waals surface area contributed by atoms with Crippen molar-refractivity contribution in [2.45, 2.75) is 25.8 Å². The Hall–Kier alpha value is -1.87. The van der Waals surface area contributed by atoms with Gasteiger partial charge in [-0.05, 0) is 42.6 Å². The molecule has 1 aliphatic rings. The SMILES string of the molecule is CCNC(c1ccncc1)c1cccc2c1OCCC2. The molecule has 1 atom stereocenters. The molecule has 0 spiro atoms. The standard InChI is InChI=1S/C17H20N2O/c1-2-19-16(13-8-10-18-11-9-13)15-7-3-5-14-6-4-12-20-17(14)15/h3,5,7-11,16,19H,2,4,6,12H2,1H3. The molecule has 1 unspecified atom stereocenters. The zero-order valence-electron chi connectivity index (χ0n) is 11.8. The number of hydrogen-bond donors (Lipinski definition) is 1. The van der Waals surface area contributed by atoms with E-state index in [1.54, 1.807) is 0 Å². The Labute approximate surface area is 120 Å². The number of pyridine rings is 1. The maximum atomic E-state index is 5.95. The van der Waals surface area contributed by atoms with Gasteiger partial charge in [-0.2, -0.15) is 0 Å². The van der Waals surface area contributed by atoms with Crippen LogP contribution in [-0.4, -0.2) is 18.1 Å². The molecule has 0 saturated heterocycles. The number of hydrogen-bond acceptors (Lipinski definition) is 3. The van der Waals surface area contributed by atoms with Gasteiger partial charge in [0, 0.05) is 18.0 Å². The van der Waals surface area contributed by atoms with Crippen LogP contribution in [-0.2, 0) is 6.42 Å². The van der Waals surface area contributed by atoms with Crippen molar-refractivity contribution >= 4 is 0 Å². The molecular formula is C17H20N2O. The number of benzene rings is 1. The molecule has 2 heterocycles. The average molecular weight is 268 g/mol. The molecule has 0 radical (unpaired) electrons. The summed E-state index contributed by atoms with van der Waals surface area (Å²) in [5.74, 6) is 1.07. The van der Waals surface area contributed by atoms with Gasteiger partial charge in [0.15, 0.2) is 0 Å². The normalized spacial score (nSPS) is 15.2. The number of rotatable bonds is 4. The molecule has 1 N–H and O–H groups in total. The molecule has 1 aliphatic heterocycles. The summed E-state index contributed by atoms with van der Waals surface area (Å²) >= 11 is 0. The molecule has 3 heteroatoms. The molecule has 0 aliphatic carbocycles. The summed E-state index contributed by atoms with van der Waals surface area (Å²) in [6.45, 7) is 3.86. The monoisotopic (exact) mass is 268 g/mol. The molecule has 0 amide bonds. The van der Waals surface area contributed by atoms with E-state index < -0.39 is 0 Å². The first kappa shape index (κ1) is 13.1. The van der Waals surface area contributed by atoms with E-state index in [2.05, 4.69) is 47.6 Å². The Balaban J connectivity index is 2.04. The van der Waals surface area contributed by atoms with E-state index in [1.165, 1.54) is 16.7 Å². The van der Waals surface area contributed by atoms with E-state index in [0.717, 1.165) is 31.7 Å². The highest BCUT2D eigenvalue weighted by atomic mass is 16.5. The number of nitrogens with zero attached hydrogens (tertiary/aromatic N) is 1. The number of para-hydroxylation sites is 1. The van der Waals surface area contributed by atoms with E-state index in [4.69, 9.17) is 4.74 Å². The first-order chi connectivity index (χ1) is 9.90. The third-order valence-electron chi connectivity index (χ3n) is 3.72. The van der Waals surface area contributed by atoms with Crippen LogP contribution in [0.3, 0.4) is 0 Å². The van der Waals surface area contributed by atoms with Crippen LogP contribution in [0.1, 0.15) is 36.1 Å². The van der Waals surface area contributed by atoms with Crippen molar-refractivity contribution in [3.8, 4) is 5.75 Å². The summed E-state index contributed by atoms with van der Waals surface area (Å²) in [6, 6.07) is 10.8. The second kappa shape index (κ2) is 6.06. The van der Waals surface area contributed by atoms with Crippen molar-refractivity contribution in [3.05, 3.63) is 59.4 Å². The van der Waals surface area contributed by atoms with E-state index in [9.17, 15) is 0 Å². The van der Waals surface area contributed by atoms with Crippen LogP contribution < -0.4 is 10.1 Å². The highest BCUT2D eigenvalue weighted by Crippen LogP contribution is 2.35. The fourth-order valence-electron chi connectivity index (χ4n) is 2.81. The first-order valence-corrected chi connectivity index (χ1v) is 7.28. The third kappa shape index (κ3) is 2.54. The van der Waals surface area contributed by atoms with Gasteiger partial charge in [0.25, 0.3) is 0 Å². The van der Waals surface area contributed by atoms with E-state index >= 15 is 0 Å². The molecule has 0 fully saturated rings. The Morgan fingerprint density at radius 1 is 1.25 bits per heavy atom. The van der Waals surface area contributed by atoms with Crippen LogP contribution in [0.4, 0.5) is 0 Å². The number of nitrogens with one attached hydrogen (secondary N) is 1. The zero-order valence-corrected chi connectivity index (χ0v) is 11.8. The molecule has 1 aromatic carbocycles. The molecule has 2 aromatic rings. The number of ether oxygens (including phenoxy) is 1. The van der Waals surface area contributed by atoms with Gasteiger partial charge < -0.3 is 10.1 Å². The lowest BCUT2D eigenvalue weighted by molar-refractivity contribution is 0.283. The average Bonchev–Trinajstić information content (AvgIpc) is 2.53.